The van der Waals surface area contributed by atoms with Crippen LogP contribution in [0.1, 0.15) is 22.3 Å². The van der Waals surface area contributed by atoms with Crippen molar-refractivity contribution < 1.29 is 13.9 Å². The highest BCUT2D eigenvalue weighted by Gasteiger charge is 2.06. The van der Waals surface area contributed by atoms with Crippen molar-refractivity contribution in [2.75, 3.05) is 7.11 Å². The lowest BCUT2D eigenvalue weighted by molar-refractivity contribution is 0.284. The highest BCUT2D eigenvalue weighted by Crippen LogP contribution is 2.29. The van der Waals surface area contributed by atoms with E-state index < -0.39 is 0 Å². The summed E-state index contributed by atoms with van der Waals surface area (Å²) in [6, 6.07) is 20.7. The fraction of sp³-hybridized carbons (Fsp3) is 0.217. The first-order chi connectivity index (χ1) is 13.1. The van der Waals surface area contributed by atoms with Gasteiger partial charge >= 0.3 is 0 Å². The van der Waals surface area contributed by atoms with Crippen molar-refractivity contribution >= 4 is 0 Å². The molecule has 3 nitrogen and oxygen atoms in total. The van der Waals surface area contributed by atoms with Gasteiger partial charge in [-0.1, -0.05) is 48.0 Å². The van der Waals surface area contributed by atoms with Crippen LogP contribution in [-0.4, -0.2) is 7.11 Å². The average Bonchev–Trinajstić information content (AvgIpc) is 2.69. The second kappa shape index (κ2) is 9.19. The molecule has 3 aromatic rings. The third-order valence-corrected chi connectivity index (χ3v) is 4.31. The van der Waals surface area contributed by atoms with Gasteiger partial charge in [0.05, 0.1) is 7.11 Å². The Bertz CT molecular complexity index is 861. The van der Waals surface area contributed by atoms with Crippen molar-refractivity contribution in [3.63, 3.8) is 0 Å². The summed E-state index contributed by atoms with van der Waals surface area (Å²) in [6.45, 7) is 3.93. The topological polar surface area (TPSA) is 30.5 Å². The molecule has 3 aromatic carbocycles. The summed E-state index contributed by atoms with van der Waals surface area (Å²) < 4.78 is 24.3. The van der Waals surface area contributed by atoms with Gasteiger partial charge in [0.2, 0.25) is 0 Å². The van der Waals surface area contributed by atoms with Crippen LogP contribution in [0.5, 0.6) is 11.5 Å². The zero-order valence-corrected chi connectivity index (χ0v) is 15.7. The van der Waals surface area contributed by atoms with Gasteiger partial charge in [0, 0.05) is 13.1 Å². The molecule has 0 saturated heterocycles. The zero-order valence-electron chi connectivity index (χ0n) is 15.7. The monoisotopic (exact) mass is 365 g/mol. The highest BCUT2D eigenvalue weighted by molar-refractivity contribution is 5.43. The molecule has 0 aliphatic heterocycles. The molecule has 0 aliphatic carbocycles. The maximum absolute atomic E-state index is 12.9. The number of hydrogen-bond donors (Lipinski definition) is 1. The first kappa shape index (κ1) is 18.9. The molecule has 0 heterocycles. The smallest absolute Gasteiger partial charge is 0.161 e. The Hall–Kier alpha value is -2.85. The summed E-state index contributed by atoms with van der Waals surface area (Å²) in [5.41, 5.74) is 4.49. The van der Waals surface area contributed by atoms with Crippen LogP contribution in [0.3, 0.4) is 0 Å². The van der Waals surface area contributed by atoms with Crippen molar-refractivity contribution in [2.24, 2.45) is 0 Å². The van der Waals surface area contributed by atoms with Gasteiger partial charge in [0.15, 0.2) is 11.5 Å². The Morgan fingerprint density at radius 2 is 1.41 bits per heavy atom. The van der Waals surface area contributed by atoms with E-state index >= 15 is 0 Å². The summed E-state index contributed by atoms with van der Waals surface area (Å²) in [5.74, 6) is 1.22. The van der Waals surface area contributed by atoms with Gasteiger partial charge in [0.1, 0.15) is 12.4 Å². The molecule has 0 amide bonds. The van der Waals surface area contributed by atoms with E-state index in [9.17, 15) is 4.39 Å². The minimum atomic E-state index is -0.218. The van der Waals surface area contributed by atoms with Crippen LogP contribution in [0.15, 0.2) is 66.7 Å². The molecular weight excluding hydrogens is 341 g/mol. The number of hydrogen-bond acceptors (Lipinski definition) is 3. The van der Waals surface area contributed by atoms with E-state index in [1.807, 2.05) is 18.2 Å². The minimum absolute atomic E-state index is 0.218. The van der Waals surface area contributed by atoms with E-state index in [-0.39, 0.29) is 5.82 Å². The Balaban J connectivity index is 1.56. The van der Waals surface area contributed by atoms with E-state index in [1.165, 1.54) is 17.7 Å². The fourth-order valence-electron chi connectivity index (χ4n) is 2.74. The van der Waals surface area contributed by atoms with Crippen LogP contribution in [0.2, 0.25) is 0 Å². The molecule has 0 aliphatic rings. The van der Waals surface area contributed by atoms with Crippen LogP contribution in [0, 0.1) is 12.7 Å². The molecule has 1 N–H and O–H groups in total. The van der Waals surface area contributed by atoms with Gasteiger partial charge < -0.3 is 14.8 Å². The SMILES string of the molecule is COc1cc(CNCc2ccc(F)cc2)ccc1OCc1ccc(C)cc1. The van der Waals surface area contributed by atoms with Crippen molar-refractivity contribution in [2.45, 2.75) is 26.6 Å². The van der Waals surface area contributed by atoms with Gasteiger partial charge in [-0.2, -0.15) is 0 Å². The predicted octanol–water partition coefficient (Wildman–Crippen LogP) is 5.01. The maximum atomic E-state index is 12.9. The number of aryl methyl sites for hydroxylation is 1. The Morgan fingerprint density at radius 3 is 2.11 bits per heavy atom. The fourth-order valence-corrected chi connectivity index (χ4v) is 2.74. The quantitative estimate of drug-likeness (QED) is 0.609. The molecule has 0 saturated carbocycles. The molecule has 3 rings (SSSR count). The molecule has 0 aromatic heterocycles. The molecule has 0 spiro atoms. The van der Waals surface area contributed by atoms with Gasteiger partial charge in [-0.15, -0.1) is 0 Å². The van der Waals surface area contributed by atoms with E-state index in [4.69, 9.17) is 9.47 Å². The van der Waals surface area contributed by atoms with Crippen molar-refractivity contribution in [1.82, 2.24) is 5.32 Å². The highest BCUT2D eigenvalue weighted by atomic mass is 19.1. The van der Waals surface area contributed by atoms with E-state index in [2.05, 4.69) is 36.5 Å². The molecule has 0 unspecified atom stereocenters. The summed E-state index contributed by atoms with van der Waals surface area (Å²) in [6.07, 6.45) is 0. The maximum Gasteiger partial charge on any atom is 0.161 e. The standard InChI is InChI=1S/C23H24FNO2/c1-17-3-5-19(6-4-17)16-27-22-12-9-20(13-23(22)26-2)15-25-14-18-7-10-21(24)11-8-18/h3-13,25H,14-16H2,1-2H3. The van der Waals surface area contributed by atoms with Gasteiger partial charge in [-0.3, -0.25) is 0 Å². The number of ether oxygens (including phenoxy) is 2. The summed E-state index contributed by atoms with van der Waals surface area (Å²) in [5, 5.41) is 3.35. The molecule has 0 atom stereocenters. The van der Waals surface area contributed by atoms with Crippen LogP contribution in [0.25, 0.3) is 0 Å². The molecule has 140 valence electrons. The van der Waals surface area contributed by atoms with Crippen LogP contribution >= 0.6 is 0 Å². The van der Waals surface area contributed by atoms with Crippen LogP contribution in [0.4, 0.5) is 4.39 Å². The van der Waals surface area contributed by atoms with Crippen LogP contribution in [-0.2, 0) is 19.7 Å². The Morgan fingerprint density at radius 1 is 0.778 bits per heavy atom. The number of benzene rings is 3. The first-order valence-electron chi connectivity index (χ1n) is 8.94. The number of nitrogens with one attached hydrogen (secondary N) is 1. The molecule has 4 heteroatoms. The van der Waals surface area contributed by atoms with Crippen LogP contribution < -0.4 is 14.8 Å². The Labute approximate surface area is 159 Å². The summed E-state index contributed by atoms with van der Waals surface area (Å²) >= 11 is 0. The van der Waals surface area contributed by atoms with Gasteiger partial charge in [-0.25, -0.2) is 4.39 Å². The van der Waals surface area contributed by atoms with E-state index in [0.29, 0.717) is 25.4 Å². The number of methoxy groups -OCH3 is 1. The van der Waals surface area contributed by atoms with Crippen molar-refractivity contribution in [3.8, 4) is 11.5 Å². The lowest BCUT2D eigenvalue weighted by Crippen LogP contribution is -2.12. The molecule has 0 radical (unpaired) electrons. The third kappa shape index (κ3) is 5.56. The summed E-state index contributed by atoms with van der Waals surface area (Å²) in [4.78, 5) is 0. The van der Waals surface area contributed by atoms with Crippen molar-refractivity contribution in [3.05, 3.63) is 94.8 Å². The number of rotatable bonds is 8. The molecule has 0 fully saturated rings. The second-order valence-corrected chi connectivity index (χ2v) is 6.49. The Kier molecular flexibility index (Phi) is 6.44. The van der Waals surface area contributed by atoms with Gasteiger partial charge in [-0.05, 0) is 47.9 Å². The van der Waals surface area contributed by atoms with Gasteiger partial charge in [0.25, 0.3) is 0 Å². The molecular formula is C23H24FNO2. The van der Waals surface area contributed by atoms with E-state index in [1.54, 1.807) is 19.2 Å². The third-order valence-electron chi connectivity index (χ3n) is 4.31. The average molecular weight is 365 g/mol. The van der Waals surface area contributed by atoms with Crippen molar-refractivity contribution in [1.29, 1.82) is 0 Å². The zero-order chi connectivity index (χ0) is 19.1. The lowest BCUT2D eigenvalue weighted by atomic mass is 10.1. The summed E-state index contributed by atoms with van der Waals surface area (Å²) in [7, 11) is 1.64. The predicted molar refractivity (Wildman–Crippen MR) is 105 cm³/mol. The molecule has 27 heavy (non-hydrogen) atoms. The second-order valence-electron chi connectivity index (χ2n) is 6.49. The lowest BCUT2D eigenvalue weighted by Gasteiger charge is -2.13. The molecule has 0 bridgehead atoms. The first-order valence-corrected chi connectivity index (χ1v) is 8.94. The normalized spacial score (nSPS) is 10.6. The largest absolute Gasteiger partial charge is 0.493 e. The number of halogens is 1. The van der Waals surface area contributed by atoms with E-state index in [0.717, 1.165) is 22.4 Å². The minimum Gasteiger partial charge on any atom is -0.493 e.